The van der Waals surface area contributed by atoms with Gasteiger partial charge in [0.2, 0.25) is 0 Å². The number of benzene rings is 2. The molecule has 0 radical (unpaired) electrons. The molecule has 0 spiro atoms. The molecule has 3 aromatic rings. The van der Waals surface area contributed by atoms with Gasteiger partial charge in [-0.2, -0.15) is 0 Å². The zero-order valence-corrected chi connectivity index (χ0v) is 14.0. The zero-order valence-electron chi connectivity index (χ0n) is 14.0. The largest absolute Gasteiger partial charge is 0.489 e. The summed E-state index contributed by atoms with van der Waals surface area (Å²) in [6.07, 6.45) is 2.10. The van der Waals surface area contributed by atoms with E-state index in [1.165, 1.54) is 16.5 Å². The lowest BCUT2D eigenvalue weighted by molar-refractivity contribution is 0.00914. The number of methoxy groups -OCH3 is 1. The molecule has 0 unspecified atom stereocenters. The van der Waals surface area contributed by atoms with E-state index in [0.29, 0.717) is 6.61 Å². The summed E-state index contributed by atoms with van der Waals surface area (Å²) >= 11 is 0. The molecule has 3 nitrogen and oxygen atoms in total. The molecule has 0 N–H and O–H groups in total. The minimum Gasteiger partial charge on any atom is -0.489 e. The Labute approximate surface area is 137 Å². The van der Waals surface area contributed by atoms with Gasteiger partial charge in [-0.05, 0) is 43.7 Å². The van der Waals surface area contributed by atoms with Crippen molar-refractivity contribution >= 4 is 10.9 Å². The molecule has 0 amide bonds. The van der Waals surface area contributed by atoms with Crippen molar-refractivity contribution in [2.75, 3.05) is 7.11 Å². The van der Waals surface area contributed by atoms with Crippen LogP contribution in [0.25, 0.3) is 10.9 Å². The van der Waals surface area contributed by atoms with Gasteiger partial charge in [-0.3, -0.25) is 0 Å². The maximum absolute atomic E-state index is 5.90. The van der Waals surface area contributed by atoms with E-state index in [9.17, 15) is 0 Å². The predicted octanol–water partition coefficient (Wildman–Crippen LogP) is 4.65. The maximum Gasteiger partial charge on any atom is 0.120 e. The van der Waals surface area contributed by atoms with Crippen LogP contribution < -0.4 is 4.74 Å². The highest BCUT2D eigenvalue weighted by Gasteiger charge is 2.18. The summed E-state index contributed by atoms with van der Waals surface area (Å²) in [5.74, 6) is 0.894. The first-order chi connectivity index (χ1) is 11.1. The van der Waals surface area contributed by atoms with Crippen LogP contribution in [-0.2, 0) is 17.9 Å². The van der Waals surface area contributed by atoms with Crippen LogP contribution >= 0.6 is 0 Å². The Kier molecular flexibility index (Phi) is 4.39. The van der Waals surface area contributed by atoms with Crippen LogP contribution in [0.5, 0.6) is 5.75 Å². The van der Waals surface area contributed by atoms with Crippen LogP contribution in [0, 0.1) is 0 Å². The Balaban J connectivity index is 1.75. The molecule has 23 heavy (non-hydrogen) atoms. The number of ether oxygens (including phenoxy) is 2. The second kappa shape index (κ2) is 6.47. The van der Waals surface area contributed by atoms with Crippen molar-refractivity contribution in [1.82, 2.24) is 4.57 Å². The fourth-order valence-corrected chi connectivity index (χ4v) is 2.62. The number of rotatable bonds is 6. The minimum absolute atomic E-state index is 0.186. The van der Waals surface area contributed by atoms with E-state index in [2.05, 4.69) is 54.9 Å². The average Bonchev–Trinajstić information content (AvgIpc) is 2.95. The molecule has 3 rings (SSSR count). The Morgan fingerprint density at radius 1 is 1.00 bits per heavy atom. The van der Waals surface area contributed by atoms with Crippen molar-refractivity contribution < 1.29 is 9.47 Å². The van der Waals surface area contributed by atoms with Gasteiger partial charge < -0.3 is 14.0 Å². The molecule has 0 aliphatic carbocycles. The molecule has 0 bridgehead atoms. The van der Waals surface area contributed by atoms with Crippen LogP contribution in [-0.4, -0.2) is 17.3 Å². The quantitative estimate of drug-likeness (QED) is 0.662. The van der Waals surface area contributed by atoms with Gasteiger partial charge in [-0.1, -0.05) is 30.3 Å². The lowest BCUT2D eigenvalue weighted by Crippen LogP contribution is -2.28. The fourth-order valence-electron chi connectivity index (χ4n) is 2.62. The Hall–Kier alpha value is -2.26. The van der Waals surface area contributed by atoms with E-state index in [-0.39, 0.29) is 5.60 Å². The highest BCUT2D eigenvalue weighted by molar-refractivity contribution is 5.81. The summed E-state index contributed by atoms with van der Waals surface area (Å²) in [5, 5.41) is 1.18. The number of hydrogen-bond acceptors (Lipinski definition) is 2. The molecular formula is C20H23NO2. The fraction of sp³-hybridized carbons (Fsp3) is 0.300. The number of hydrogen-bond donors (Lipinski definition) is 0. The van der Waals surface area contributed by atoms with Crippen LogP contribution in [0.15, 0.2) is 60.8 Å². The third kappa shape index (κ3) is 3.74. The third-order valence-electron chi connectivity index (χ3n) is 4.09. The lowest BCUT2D eigenvalue weighted by atomic mass is 10.1. The van der Waals surface area contributed by atoms with Gasteiger partial charge in [0, 0.05) is 24.2 Å². The molecule has 120 valence electrons. The van der Waals surface area contributed by atoms with Gasteiger partial charge in [-0.25, -0.2) is 0 Å². The molecule has 3 heteroatoms. The summed E-state index contributed by atoms with van der Waals surface area (Å²) < 4.78 is 13.6. The Morgan fingerprint density at radius 2 is 1.78 bits per heavy atom. The first-order valence-electron chi connectivity index (χ1n) is 7.88. The van der Waals surface area contributed by atoms with E-state index >= 15 is 0 Å². The van der Waals surface area contributed by atoms with E-state index in [1.54, 1.807) is 7.11 Å². The first-order valence-corrected chi connectivity index (χ1v) is 7.88. The molecule has 0 saturated carbocycles. The second-order valence-electron chi connectivity index (χ2n) is 6.40. The normalized spacial score (nSPS) is 11.8. The molecular weight excluding hydrogens is 286 g/mol. The summed E-state index contributed by atoms with van der Waals surface area (Å²) in [7, 11) is 1.75. The second-order valence-corrected chi connectivity index (χ2v) is 6.40. The number of fused-ring (bicyclic) bond motifs is 1. The lowest BCUT2D eigenvalue weighted by Gasteiger charge is -2.24. The van der Waals surface area contributed by atoms with Crippen molar-refractivity contribution in [3.63, 3.8) is 0 Å². The van der Waals surface area contributed by atoms with Gasteiger partial charge in [0.15, 0.2) is 0 Å². The van der Waals surface area contributed by atoms with Crippen molar-refractivity contribution in [1.29, 1.82) is 0 Å². The summed E-state index contributed by atoms with van der Waals surface area (Å²) in [6.45, 7) is 5.59. The van der Waals surface area contributed by atoms with E-state index in [4.69, 9.17) is 9.47 Å². The topological polar surface area (TPSA) is 23.4 Å². The summed E-state index contributed by atoms with van der Waals surface area (Å²) in [5.41, 5.74) is 2.18. The van der Waals surface area contributed by atoms with Crippen molar-refractivity contribution in [2.45, 2.75) is 32.6 Å². The third-order valence-corrected chi connectivity index (χ3v) is 4.09. The van der Waals surface area contributed by atoms with Crippen molar-refractivity contribution in [3.05, 3.63) is 66.4 Å². The minimum atomic E-state index is -0.186. The molecule has 2 aromatic carbocycles. The SMILES string of the molecule is COC(C)(C)Cn1ccc2cc(OCc3ccccc3)ccc21. The number of nitrogens with zero attached hydrogens (tertiary/aromatic N) is 1. The Bertz CT molecular complexity index is 775. The molecule has 0 fully saturated rings. The molecule has 1 aromatic heterocycles. The maximum atomic E-state index is 5.90. The van der Waals surface area contributed by atoms with E-state index < -0.39 is 0 Å². The molecule has 1 heterocycles. The standard InChI is InChI=1S/C20H23NO2/c1-20(2,22-3)15-21-12-11-17-13-18(9-10-19(17)21)23-14-16-7-5-4-6-8-16/h4-13H,14-15H2,1-3H3. The first kappa shape index (κ1) is 15.6. The van der Waals surface area contributed by atoms with Gasteiger partial charge in [-0.15, -0.1) is 0 Å². The van der Waals surface area contributed by atoms with Crippen molar-refractivity contribution in [2.24, 2.45) is 0 Å². The zero-order chi connectivity index (χ0) is 16.3. The average molecular weight is 309 g/mol. The Morgan fingerprint density at radius 3 is 2.52 bits per heavy atom. The van der Waals surface area contributed by atoms with Gasteiger partial charge in [0.25, 0.3) is 0 Å². The van der Waals surface area contributed by atoms with E-state index in [1.807, 2.05) is 24.3 Å². The van der Waals surface area contributed by atoms with Crippen LogP contribution in [0.1, 0.15) is 19.4 Å². The molecule has 0 saturated heterocycles. The highest BCUT2D eigenvalue weighted by Crippen LogP contribution is 2.24. The molecule has 0 aliphatic rings. The van der Waals surface area contributed by atoms with E-state index in [0.717, 1.165) is 12.3 Å². The van der Waals surface area contributed by atoms with Gasteiger partial charge in [0.05, 0.1) is 12.1 Å². The van der Waals surface area contributed by atoms with Crippen LogP contribution in [0.3, 0.4) is 0 Å². The summed E-state index contributed by atoms with van der Waals surface area (Å²) in [6, 6.07) is 18.6. The highest BCUT2D eigenvalue weighted by atomic mass is 16.5. The molecule has 0 aliphatic heterocycles. The number of aromatic nitrogens is 1. The summed E-state index contributed by atoms with van der Waals surface area (Å²) in [4.78, 5) is 0. The van der Waals surface area contributed by atoms with Crippen molar-refractivity contribution in [3.8, 4) is 5.75 Å². The van der Waals surface area contributed by atoms with Gasteiger partial charge >= 0.3 is 0 Å². The predicted molar refractivity (Wildman–Crippen MR) is 93.8 cm³/mol. The monoisotopic (exact) mass is 309 g/mol. The van der Waals surface area contributed by atoms with Crippen LogP contribution in [0.2, 0.25) is 0 Å². The smallest absolute Gasteiger partial charge is 0.120 e. The van der Waals surface area contributed by atoms with Gasteiger partial charge in [0.1, 0.15) is 12.4 Å². The molecule has 0 atom stereocenters. The van der Waals surface area contributed by atoms with Crippen LogP contribution in [0.4, 0.5) is 0 Å².